The summed E-state index contributed by atoms with van der Waals surface area (Å²) < 4.78 is 5.72. The maximum absolute atomic E-state index is 11.8. The number of hydrogen-bond donors (Lipinski definition) is 1. The fourth-order valence-corrected chi connectivity index (χ4v) is 2.74. The molecule has 0 unspecified atom stereocenters. The van der Waals surface area contributed by atoms with Crippen molar-refractivity contribution in [2.75, 3.05) is 0 Å². The number of nitrogens with one attached hydrogen (secondary N) is 1. The van der Waals surface area contributed by atoms with Gasteiger partial charge >= 0.3 is 0 Å². The highest BCUT2D eigenvalue weighted by Gasteiger charge is 2.06. The molecular formula is C19H18N2O2S. The Labute approximate surface area is 145 Å². The van der Waals surface area contributed by atoms with Gasteiger partial charge in [0.1, 0.15) is 5.69 Å². The Hall–Kier alpha value is -2.50. The van der Waals surface area contributed by atoms with Gasteiger partial charge in [0.15, 0.2) is 0 Å². The largest absolute Gasteiger partial charge is 0.372 e. The van der Waals surface area contributed by atoms with E-state index in [1.807, 2.05) is 54.6 Å². The van der Waals surface area contributed by atoms with Crippen LogP contribution in [0.3, 0.4) is 0 Å². The molecule has 0 aliphatic rings. The zero-order valence-corrected chi connectivity index (χ0v) is 14.0. The standard InChI is InChI=1S/C19H18N2O2S/c22-19(18-13-24-14-21-18)20-10-15-6-8-17(9-7-15)12-23-11-16-4-2-1-3-5-16/h1-9,13-14H,10-12H2,(H,20,22). The number of nitrogens with zero attached hydrogens (tertiary/aromatic N) is 1. The summed E-state index contributed by atoms with van der Waals surface area (Å²) in [6, 6.07) is 18.2. The van der Waals surface area contributed by atoms with Gasteiger partial charge in [-0.2, -0.15) is 0 Å². The summed E-state index contributed by atoms with van der Waals surface area (Å²) in [6.45, 7) is 1.66. The maximum atomic E-state index is 11.8. The third kappa shape index (κ3) is 4.75. The number of thiazole rings is 1. The number of carbonyl (C=O) groups excluding carboxylic acids is 1. The summed E-state index contributed by atoms with van der Waals surface area (Å²) in [7, 11) is 0. The molecule has 0 atom stereocenters. The summed E-state index contributed by atoms with van der Waals surface area (Å²) in [5, 5.41) is 4.60. The summed E-state index contributed by atoms with van der Waals surface area (Å²) >= 11 is 1.41. The van der Waals surface area contributed by atoms with E-state index < -0.39 is 0 Å². The molecule has 24 heavy (non-hydrogen) atoms. The van der Waals surface area contributed by atoms with Crippen LogP contribution < -0.4 is 5.32 Å². The first-order valence-corrected chi connectivity index (χ1v) is 8.61. The first kappa shape index (κ1) is 16.4. The van der Waals surface area contributed by atoms with E-state index in [0.717, 1.165) is 11.1 Å². The summed E-state index contributed by atoms with van der Waals surface area (Å²) in [5.41, 5.74) is 5.44. The van der Waals surface area contributed by atoms with E-state index >= 15 is 0 Å². The van der Waals surface area contributed by atoms with Crippen LogP contribution in [0, 0.1) is 0 Å². The fraction of sp³-hybridized carbons (Fsp3) is 0.158. The molecule has 0 aliphatic carbocycles. The Bertz CT molecular complexity index is 756. The lowest BCUT2D eigenvalue weighted by atomic mass is 10.1. The summed E-state index contributed by atoms with van der Waals surface area (Å²) in [4.78, 5) is 15.8. The average Bonchev–Trinajstić information content (AvgIpc) is 3.16. The van der Waals surface area contributed by atoms with Gasteiger partial charge in [-0.1, -0.05) is 54.6 Å². The van der Waals surface area contributed by atoms with Crippen LogP contribution in [0.5, 0.6) is 0 Å². The van der Waals surface area contributed by atoms with Gasteiger partial charge in [-0.15, -0.1) is 11.3 Å². The molecule has 0 aliphatic heterocycles. The van der Waals surface area contributed by atoms with Crippen LogP contribution in [-0.4, -0.2) is 10.9 Å². The minimum atomic E-state index is -0.147. The van der Waals surface area contributed by atoms with Crippen LogP contribution in [0.15, 0.2) is 65.5 Å². The van der Waals surface area contributed by atoms with Crippen molar-refractivity contribution >= 4 is 17.2 Å². The molecule has 0 saturated carbocycles. The number of amides is 1. The Balaban J connectivity index is 1.44. The molecule has 0 bridgehead atoms. The van der Waals surface area contributed by atoms with Crippen LogP contribution in [0.4, 0.5) is 0 Å². The van der Waals surface area contributed by atoms with Crippen LogP contribution in [0.25, 0.3) is 0 Å². The smallest absolute Gasteiger partial charge is 0.271 e. The summed E-state index contributed by atoms with van der Waals surface area (Å²) in [5.74, 6) is -0.147. The molecule has 0 fully saturated rings. The van der Waals surface area contributed by atoms with Gasteiger partial charge in [-0.05, 0) is 16.7 Å². The minimum absolute atomic E-state index is 0.147. The Morgan fingerprint density at radius 3 is 2.29 bits per heavy atom. The van der Waals surface area contributed by atoms with Crippen molar-refractivity contribution in [3.8, 4) is 0 Å². The molecule has 0 spiro atoms. The van der Waals surface area contributed by atoms with Crippen molar-refractivity contribution < 1.29 is 9.53 Å². The van der Waals surface area contributed by atoms with Crippen molar-refractivity contribution in [3.05, 3.63) is 87.9 Å². The van der Waals surface area contributed by atoms with Gasteiger partial charge in [0.05, 0.1) is 18.7 Å². The fourth-order valence-electron chi connectivity index (χ4n) is 2.21. The molecule has 5 heteroatoms. The van der Waals surface area contributed by atoms with Crippen molar-refractivity contribution in [3.63, 3.8) is 0 Å². The van der Waals surface area contributed by atoms with Gasteiger partial charge in [0, 0.05) is 11.9 Å². The van der Waals surface area contributed by atoms with E-state index in [9.17, 15) is 4.79 Å². The van der Waals surface area contributed by atoms with E-state index in [2.05, 4.69) is 10.3 Å². The van der Waals surface area contributed by atoms with Crippen LogP contribution >= 0.6 is 11.3 Å². The second-order valence-electron chi connectivity index (χ2n) is 5.35. The highest BCUT2D eigenvalue weighted by molar-refractivity contribution is 7.07. The Kier molecular flexibility index (Phi) is 5.71. The monoisotopic (exact) mass is 338 g/mol. The topological polar surface area (TPSA) is 51.2 Å². The molecule has 4 nitrogen and oxygen atoms in total. The van der Waals surface area contributed by atoms with Crippen molar-refractivity contribution in [2.24, 2.45) is 0 Å². The molecule has 1 N–H and O–H groups in total. The molecular weight excluding hydrogens is 320 g/mol. The Morgan fingerprint density at radius 2 is 1.62 bits per heavy atom. The molecule has 0 saturated heterocycles. The number of benzene rings is 2. The first-order chi connectivity index (χ1) is 11.8. The second kappa shape index (κ2) is 8.38. The predicted molar refractivity (Wildman–Crippen MR) is 94.7 cm³/mol. The zero-order valence-electron chi connectivity index (χ0n) is 13.1. The number of aromatic nitrogens is 1. The lowest BCUT2D eigenvalue weighted by Crippen LogP contribution is -2.22. The zero-order chi connectivity index (χ0) is 16.6. The number of ether oxygens (including phenoxy) is 1. The lowest BCUT2D eigenvalue weighted by molar-refractivity contribution is 0.0946. The highest BCUT2D eigenvalue weighted by Crippen LogP contribution is 2.09. The van der Waals surface area contributed by atoms with E-state index in [4.69, 9.17) is 4.74 Å². The van der Waals surface area contributed by atoms with E-state index in [1.54, 1.807) is 10.9 Å². The van der Waals surface area contributed by atoms with Crippen molar-refractivity contribution in [2.45, 2.75) is 19.8 Å². The molecule has 1 aromatic heterocycles. The van der Waals surface area contributed by atoms with Gasteiger partial charge in [0.2, 0.25) is 0 Å². The molecule has 0 radical (unpaired) electrons. The number of rotatable bonds is 7. The van der Waals surface area contributed by atoms with Gasteiger partial charge in [-0.25, -0.2) is 4.98 Å². The molecule has 2 aromatic carbocycles. The SMILES string of the molecule is O=C(NCc1ccc(COCc2ccccc2)cc1)c1cscn1. The van der Waals surface area contributed by atoms with Gasteiger partial charge in [-0.3, -0.25) is 4.79 Å². The number of hydrogen-bond acceptors (Lipinski definition) is 4. The van der Waals surface area contributed by atoms with E-state index in [0.29, 0.717) is 25.5 Å². The van der Waals surface area contributed by atoms with Crippen LogP contribution in [0.1, 0.15) is 27.2 Å². The van der Waals surface area contributed by atoms with Crippen LogP contribution in [0.2, 0.25) is 0 Å². The van der Waals surface area contributed by atoms with Crippen LogP contribution in [-0.2, 0) is 24.5 Å². The average molecular weight is 338 g/mol. The molecule has 1 amide bonds. The Morgan fingerprint density at radius 1 is 0.958 bits per heavy atom. The lowest BCUT2D eigenvalue weighted by Gasteiger charge is -2.07. The molecule has 122 valence electrons. The van der Waals surface area contributed by atoms with Crippen molar-refractivity contribution in [1.29, 1.82) is 0 Å². The molecule has 3 rings (SSSR count). The maximum Gasteiger partial charge on any atom is 0.271 e. The molecule has 3 aromatic rings. The minimum Gasteiger partial charge on any atom is -0.372 e. The van der Waals surface area contributed by atoms with E-state index in [-0.39, 0.29) is 5.91 Å². The normalized spacial score (nSPS) is 10.5. The first-order valence-electron chi connectivity index (χ1n) is 7.67. The van der Waals surface area contributed by atoms with E-state index in [1.165, 1.54) is 16.9 Å². The van der Waals surface area contributed by atoms with Gasteiger partial charge < -0.3 is 10.1 Å². The highest BCUT2D eigenvalue weighted by atomic mass is 32.1. The number of carbonyl (C=O) groups is 1. The third-order valence-corrected chi connectivity index (χ3v) is 4.11. The van der Waals surface area contributed by atoms with Crippen molar-refractivity contribution in [1.82, 2.24) is 10.3 Å². The molecule has 1 heterocycles. The second-order valence-corrected chi connectivity index (χ2v) is 6.07. The predicted octanol–water partition coefficient (Wildman–Crippen LogP) is 3.79. The third-order valence-electron chi connectivity index (χ3n) is 3.52. The van der Waals surface area contributed by atoms with Gasteiger partial charge in [0.25, 0.3) is 5.91 Å². The quantitative estimate of drug-likeness (QED) is 0.713. The summed E-state index contributed by atoms with van der Waals surface area (Å²) in [6.07, 6.45) is 0.